The fraction of sp³-hybridized carbons (Fsp3) is 0.500. The average Bonchev–Trinajstić information content (AvgIpc) is 2.67. The number of nitrogens with two attached hydrogens (primary N) is 1. The Morgan fingerprint density at radius 1 is 1.35 bits per heavy atom. The van der Waals surface area contributed by atoms with Crippen molar-refractivity contribution in [3.05, 3.63) is 17.6 Å². The Balaban J connectivity index is 2.15. The quantitative estimate of drug-likeness (QED) is 0.852. The number of likely N-dealkylation sites (tertiary alicyclic amines) is 1. The summed E-state index contributed by atoms with van der Waals surface area (Å²) in [5, 5.41) is 0.935. The van der Waals surface area contributed by atoms with Crippen LogP contribution in [0.15, 0.2) is 6.33 Å². The normalized spacial score (nSPS) is 19.9. The van der Waals surface area contributed by atoms with E-state index in [1.807, 2.05) is 14.0 Å². The van der Waals surface area contributed by atoms with E-state index in [0.29, 0.717) is 18.8 Å². The van der Waals surface area contributed by atoms with E-state index >= 15 is 0 Å². The van der Waals surface area contributed by atoms with Gasteiger partial charge in [-0.3, -0.25) is 4.79 Å². The van der Waals surface area contributed by atoms with Gasteiger partial charge in [-0.1, -0.05) is 0 Å². The van der Waals surface area contributed by atoms with Gasteiger partial charge in [0, 0.05) is 25.7 Å². The minimum absolute atomic E-state index is 0.209. The molecule has 1 aliphatic rings. The Morgan fingerprint density at radius 2 is 2.10 bits per heavy atom. The summed E-state index contributed by atoms with van der Waals surface area (Å²) in [6, 6.07) is 0.253. The van der Waals surface area contributed by atoms with E-state index in [1.165, 1.54) is 6.33 Å². The Morgan fingerprint density at radius 3 is 2.80 bits per heavy atom. The third-order valence-electron chi connectivity index (χ3n) is 4.33. The molecule has 6 nitrogen and oxygen atoms in total. The lowest BCUT2D eigenvalue weighted by molar-refractivity contribution is -0.132. The number of anilines is 1. The van der Waals surface area contributed by atoms with Gasteiger partial charge in [0.2, 0.25) is 5.91 Å². The topological polar surface area (TPSA) is 77.0 Å². The van der Waals surface area contributed by atoms with Crippen LogP contribution >= 0.6 is 0 Å². The third-order valence-corrected chi connectivity index (χ3v) is 4.33. The number of hydrogen-bond donors (Lipinski definition) is 1. The highest BCUT2D eigenvalue weighted by Crippen LogP contribution is 2.33. The first-order valence-electron chi connectivity index (χ1n) is 6.82. The van der Waals surface area contributed by atoms with Gasteiger partial charge >= 0.3 is 0 Å². The molecular weight excluding hydrogens is 254 g/mol. The van der Waals surface area contributed by atoms with Crippen molar-refractivity contribution in [1.82, 2.24) is 19.4 Å². The Labute approximate surface area is 117 Å². The molecule has 0 aliphatic carbocycles. The number of piperidine rings is 1. The smallest absolute Gasteiger partial charge is 0.222 e. The number of hydrogen-bond acceptors (Lipinski definition) is 4. The maximum absolute atomic E-state index is 11.6. The van der Waals surface area contributed by atoms with Crippen molar-refractivity contribution in [2.75, 3.05) is 19.3 Å². The Bertz CT molecular complexity index is 690. The summed E-state index contributed by atoms with van der Waals surface area (Å²) in [7, 11) is 1.85. The van der Waals surface area contributed by atoms with Crippen LogP contribution in [-0.4, -0.2) is 38.9 Å². The van der Waals surface area contributed by atoms with Crippen molar-refractivity contribution >= 4 is 22.8 Å². The van der Waals surface area contributed by atoms with Gasteiger partial charge < -0.3 is 15.2 Å². The van der Waals surface area contributed by atoms with E-state index in [9.17, 15) is 4.79 Å². The largest absolute Gasteiger partial charge is 0.383 e. The number of amides is 1. The van der Waals surface area contributed by atoms with Crippen molar-refractivity contribution in [1.29, 1.82) is 0 Å². The first kappa shape index (κ1) is 12.9. The zero-order valence-electron chi connectivity index (χ0n) is 12.1. The van der Waals surface area contributed by atoms with Crippen molar-refractivity contribution in [3.8, 4) is 0 Å². The number of nitrogens with zero attached hydrogens (tertiary/aromatic N) is 4. The van der Waals surface area contributed by atoms with Gasteiger partial charge in [-0.05, 0) is 25.8 Å². The second kappa shape index (κ2) is 4.47. The minimum atomic E-state index is 0.209. The summed E-state index contributed by atoms with van der Waals surface area (Å²) in [6.45, 7) is 4.84. The molecule has 3 rings (SSSR count). The van der Waals surface area contributed by atoms with Crippen LogP contribution in [0, 0.1) is 13.8 Å². The van der Waals surface area contributed by atoms with E-state index in [1.54, 1.807) is 4.90 Å². The highest BCUT2D eigenvalue weighted by molar-refractivity contribution is 5.91. The SMILES string of the molecule is Cc1c(C)n(C2CCC(=O)N(C)C2)c2ncnc(N)c12. The molecule has 2 aromatic rings. The maximum Gasteiger partial charge on any atom is 0.222 e. The van der Waals surface area contributed by atoms with Gasteiger partial charge in [0.25, 0.3) is 0 Å². The number of likely N-dealkylation sites (N-methyl/N-ethyl adjacent to an activating group) is 1. The monoisotopic (exact) mass is 273 g/mol. The van der Waals surface area contributed by atoms with Crippen LogP contribution in [0.2, 0.25) is 0 Å². The van der Waals surface area contributed by atoms with Gasteiger partial charge in [-0.2, -0.15) is 0 Å². The van der Waals surface area contributed by atoms with Crippen LogP contribution in [0.25, 0.3) is 11.0 Å². The number of fused-ring (bicyclic) bond motifs is 1. The number of aromatic nitrogens is 3. The lowest BCUT2D eigenvalue weighted by Crippen LogP contribution is -2.38. The molecule has 2 N–H and O–H groups in total. The Kier molecular flexibility index (Phi) is 2.88. The first-order valence-corrected chi connectivity index (χ1v) is 6.82. The fourth-order valence-corrected chi connectivity index (χ4v) is 3.10. The van der Waals surface area contributed by atoms with E-state index in [2.05, 4.69) is 21.5 Å². The lowest BCUT2D eigenvalue weighted by atomic mass is 10.1. The molecule has 2 aromatic heterocycles. The van der Waals surface area contributed by atoms with E-state index in [0.717, 1.165) is 28.7 Å². The Hall–Kier alpha value is -2.11. The maximum atomic E-state index is 11.6. The molecule has 3 heterocycles. The highest BCUT2D eigenvalue weighted by atomic mass is 16.2. The van der Waals surface area contributed by atoms with Crippen molar-refractivity contribution < 1.29 is 4.79 Å². The number of rotatable bonds is 1. The molecule has 106 valence electrons. The average molecular weight is 273 g/mol. The highest BCUT2D eigenvalue weighted by Gasteiger charge is 2.27. The number of aryl methyl sites for hydroxylation is 1. The van der Waals surface area contributed by atoms with Crippen LogP contribution in [-0.2, 0) is 4.79 Å². The summed E-state index contributed by atoms with van der Waals surface area (Å²) >= 11 is 0. The van der Waals surface area contributed by atoms with Crippen LogP contribution < -0.4 is 5.73 Å². The van der Waals surface area contributed by atoms with E-state index in [4.69, 9.17) is 5.73 Å². The standard InChI is InChI=1S/C14H19N5O/c1-8-9(2)19(10-4-5-11(20)18(3)6-10)14-12(8)13(15)16-7-17-14/h7,10H,4-6H2,1-3H3,(H2,15,16,17). The first-order chi connectivity index (χ1) is 9.50. The zero-order valence-corrected chi connectivity index (χ0v) is 12.1. The van der Waals surface area contributed by atoms with Crippen LogP contribution in [0.3, 0.4) is 0 Å². The molecule has 1 amide bonds. The molecule has 1 atom stereocenters. The lowest BCUT2D eigenvalue weighted by Gasteiger charge is -2.31. The molecule has 1 aliphatic heterocycles. The van der Waals surface area contributed by atoms with Crippen molar-refractivity contribution in [3.63, 3.8) is 0 Å². The minimum Gasteiger partial charge on any atom is -0.383 e. The van der Waals surface area contributed by atoms with Crippen molar-refractivity contribution in [2.24, 2.45) is 0 Å². The molecular formula is C14H19N5O. The summed E-state index contributed by atoms with van der Waals surface area (Å²) in [5.74, 6) is 0.732. The summed E-state index contributed by atoms with van der Waals surface area (Å²) in [4.78, 5) is 21.9. The fourth-order valence-electron chi connectivity index (χ4n) is 3.10. The summed E-state index contributed by atoms with van der Waals surface area (Å²) < 4.78 is 2.21. The van der Waals surface area contributed by atoms with Gasteiger partial charge in [0.15, 0.2) is 0 Å². The molecule has 1 fully saturated rings. The molecule has 6 heteroatoms. The molecule has 0 aromatic carbocycles. The number of carbonyl (C=O) groups excluding carboxylic acids is 1. The van der Waals surface area contributed by atoms with Crippen LogP contribution in [0.4, 0.5) is 5.82 Å². The molecule has 1 unspecified atom stereocenters. The zero-order chi connectivity index (χ0) is 14.4. The van der Waals surface area contributed by atoms with Crippen LogP contribution in [0.5, 0.6) is 0 Å². The van der Waals surface area contributed by atoms with Gasteiger partial charge in [-0.15, -0.1) is 0 Å². The van der Waals surface area contributed by atoms with Gasteiger partial charge in [-0.25, -0.2) is 9.97 Å². The second-order valence-corrected chi connectivity index (χ2v) is 5.50. The van der Waals surface area contributed by atoms with Gasteiger partial charge in [0.1, 0.15) is 17.8 Å². The summed E-state index contributed by atoms with van der Waals surface area (Å²) in [6.07, 6.45) is 2.93. The molecule has 0 bridgehead atoms. The predicted octanol–water partition coefficient (Wildman–Crippen LogP) is 1.42. The number of carbonyl (C=O) groups is 1. The summed E-state index contributed by atoms with van der Waals surface area (Å²) in [5.41, 5.74) is 9.14. The van der Waals surface area contributed by atoms with Crippen LogP contribution in [0.1, 0.15) is 30.1 Å². The second-order valence-electron chi connectivity index (χ2n) is 5.50. The van der Waals surface area contributed by atoms with E-state index < -0.39 is 0 Å². The molecule has 0 saturated carbocycles. The number of nitrogen functional groups attached to an aromatic ring is 1. The molecule has 0 spiro atoms. The third kappa shape index (κ3) is 1.75. The van der Waals surface area contributed by atoms with E-state index in [-0.39, 0.29) is 11.9 Å². The molecule has 20 heavy (non-hydrogen) atoms. The predicted molar refractivity (Wildman–Crippen MR) is 77.3 cm³/mol. The molecule has 1 saturated heterocycles. The molecule has 0 radical (unpaired) electrons. The van der Waals surface area contributed by atoms with Gasteiger partial charge in [0.05, 0.1) is 11.4 Å². The van der Waals surface area contributed by atoms with Crippen molar-refractivity contribution in [2.45, 2.75) is 32.7 Å².